The maximum Gasteiger partial charge on any atom is 0.324 e. The summed E-state index contributed by atoms with van der Waals surface area (Å²) >= 11 is 0. The summed E-state index contributed by atoms with van der Waals surface area (Å²) in [6.45, 7) is 6.17. The van der Waals surface area contributed by atoms with Gasteiger partial charge in [0.2, 0.25) is 0 Å². The van der Waals surface area contributed by atoms with Crippen molar-refractivity contribution in [2.45, 2.75) is 64.2 Å². The van der Waals surface area contributed by atoms with Gasteiger partial charge < -0.3 is 18.9 Å². The van der Waals surface area contributed by atoms with E-state index in [1.165, 1.54) is 19.3 Å². The van der Waals surface area contributed by atoms with E-state index in [1.54, 1.807) is 0 Å². The molecule has 1 aliphatic carbocycles. The van der Waals surface area contributed by atoms with Crippen molar-refractivity contribution in [1.29, 1.82) is 0 Å². The fourth-order valence-corrected chi connectivity index (χ4v) is 4.99. The quantitative estimate of drug-likeness (QED) is 0.372. The summed E-state index contributed by atoms with van der Waals surface area (Å²) < 4.78 is 16.9. The van der Waals surface area contributed by atoms with Crippen LogP contribution in [0.15, 0.2) is 22.7 Å². The molecule has 5 rings (SSSR count). The van der Waals surface area contributed by atoms with Crippen molar-refractivity contribution in [2.24, 2.45) is 11.8 Å². The van der Waals surface area contributed by atoms with Crippen LogP contribution in [0.3, 0.4) is 0 Å². The van der Waals surface area contributed by atoms with Crippen LogP contribution in [0, 0.1) is 18.8 Å². The molecule has 3 fully saturated rings. The first-order chi connectivity index (χ1) is 16.2. The molecule has 3 heterocycles. The predicted octanol–water partition coefficient (Wildman–Crippen LogP) is 4.94. The average Bonchev–Trinajstić information content (AvgIpc) is 3.32. The summed E-state index contributed by atoms with van der Waals surface area (Å²) in [6.07, 6.45) is 8.48. The molecular weight excluding hydrogens is 418 g/mol. The molecule has 1 atom stereocenters. The van der Waals surface area contributed by atoms with Crippen molar-refractivity contribution in [2.75, 3.05) is 37.8 Å². The molecule has 7 nitrogen and oxygen atoms in total. The van der Waals surface area contributed by atoms with Crippen LogP contribution in [0.4, 0.5) is 6.01 Å². The topological polar surface area (TPSA) is 77.7 Å². The standard InChI is InChI=1S/C26H35N3O4/c1-18-15-22(6-7-23(18)24(30)16-20-10-14-31-17-20)32-13-2-3-19-8-11-29(12-9-19)26-27-25(28-33-26)21-4-5-21/h6-7,15,19-21H,2-5,8-14,16-17H2,1H3. The zero-order valence-electron chi connectivity index (χ0n) is 19.6. The molecule has 7 heteroatoms. The Labute approximate surface area is 195 Å². The Morgan fingerprint density at radius 2 is 2.00 bits per heavy atom. The number of carbonyl (C=O) groups excluding carboxylic acids is 1. The highest BCUT2D eigenvalue weighted by atomic mass is 16.5. The van der Waals surface area contributed by atoms with Gasteiger partial charge in [0.25, 0.3) is 0 Å². The maximum absolute atomic E-state index is 12.6. The van der Waals surface area contributed by atoms with Crippen LogP contribution >= 0.6 is 0 Å². The SMILES string of the molecule is Cc1cc(OCCCC2CCN(c3nc(C4CC4)no3)CC2)ccc1C(=O)CC1CCOC1. The number of nitrogens with zero attached hydrogens (tertiary/aromatic N) is 3. The van der Waals surface area contributed by atoms with Gasteiger partial charge in [-0.1, -0.05) is 5.16 Å². The van der Waals surface area contributed by atoms with Gasteiger partial charge >= 0.3 is 6.01 Å². The molecule has 3 aliphatic rings. The van der Waals surface area contributed by atoms with Gasteiger partial charge in [0.05, 0.1) is 6.61 Å². The Bertz CT molecular complexity index is 941. The highest BCUT2D eigenvalue weighted by molar-refractivity contribution is 5.97. The van der Waals surface area contributed by atoms with Gasteiger partial charge in [-0.2, -0.15) is 4.98 Å². The summed E-state index contributed by atoms with van der Waals surface area (Å²) in [5, 5.41) is 4.14. The number of hydrogen-bond donors (Lipinski definition) is 0. The number of aromatic nitrogens is 2. The van der Waals surface area contributed by atoms with Crippen LogP contribution in [-0.2, 0) is 4.74 Å². The minimum Gasteiger partial charge on any atom is -0.494 e. The Morgan fingerprint density at radius 3 is 2.73 bits per heavy atom. The normalized spacial score (nSPS) is 21.5. The van der Waals surface area contributed by atoms with Gasteiger partial charge in [-0.25, -0.2) is 0 Å². The van der Waals surface area contributed by atoms with E-state index >= 15 is 0 Å². The summed E-state index contributed by atoms with van der Waals surface area (Å²) in [5.74, 6) is 3.58. The number of aryl methyl sites for hydroxylation is 1. The smallest absolute Gasteiger partial charge is 0.324 e. The molecule has 178 valence electrons. The van der Waals surface area contributed by atoms with E-state index in [1.807, 2.05) is 25.1 Å². The first-order valence-corrected chi connectivity index (χ1v) is 12.6. The van der Waals surface area contributed by atoms with Crippen molar-refractivity contribution >= 4 is 11.8 Å². The van der Waals surface area contributed by atoms with E-state index in [2.05, 4.69) is 15.0 Å². The first-order valence-electron chi connectivity index (χ1n) is 12.6. The Morgan fingerprint density at radius 1 is 1.15 bits per heavy atom. The molecule has 1 aromatic carbocycles. The van der Waals surface area contributed by atoms with Crippen LogP contribution in [0.2, 0.25) is 0 Å². The number of hydrogen-bond acceptors (Lipinski definition) is 7. The minimum absolute atomic E-state index is 0.213. The fraction of sp³-hybridized carbons (Fsp3) is 0.654. The number of Topliss-reactive ketones (excluding diaryl/α,β-unsaturated/α-hetero) is 1. The molecule has 2 aliphatic heterocycles. The van der Waals surface area contributed by atoms with Gasteiger partial charge in [0, 0.05) is 44.2 Å². The lowest BCUT2D eigenvalue weighted by atomic mass is 9.92. The van der Waals surface area contributed by atoms with E-state index in [9.17, 15) is 4.79 Å². The summed E-state index contributed by atoms with van der Waals surface area (Å²) in [6, 6.07) is 6.55. The Balaban J connectivity index is 1.01. The fourth-order valence-electron chi connectivity index (χ4n) is 4.99. The lowest BCUT2D eigenvalue weighted by molar-refractivity contribution is 0.0952. The molecule has 33 heavy (non-hydrogen) atoms. The molecule has 1 saturated carbocycles. The summed E-state index contributed by atoms with van der Waals surface area (Å²) in [7, 11) is 0. The summed E-state index contributed by atoms with van der Waals surface area (Å²) in [4.78, 5) is 19.4. The lowest BCUT2D eigenvalue weighted by Gasteiger charge is -2.30. The van der Waals surface area contributed by atoms with Crippen molar-refractivity contribution in [3.63, 3.8) is 0 Å². The molecular formula is C26H35N3O4. The van der Waals surface area contributed by atoms with Gasteiger partial charge in [-0.15, -0.1) is 0 Å². The van der Waals surface area contributed by atoms with E-state index in [4.69, 9.17) is 14.0 Å². The third kappa shape index (κ3) is 5.75. The monoisotopic (exact) mass is 453 g/mol. The van der Waals surface area contributed by atoms with Crippen molar-refractivity contribution in [3.05, 3.63) is 35.2 Å². The van der Waals surface area contributed by atoms with E-state index < -0.39 is 0 Å². The van der Waals surface area contributed by atoms with Gasteiger partial charge in [-0.05, 0) is 87.5 Å². The second-order valence-corrected chi connectivity index (χ2v) is 9.96. The number of benzene rings is 1. The minimum atomic E-state index is 0.213. The van der Waals surface area contributed by atoms with Crippen molar-refractivity contribution in [1.82, 2.24) is 10.1 Å². The van der Waals surface area contributed by atoms with E-state index in [0.717, 1.165) is 74.0 Å². The zero-order chi connectivity index (χ0) is 22.6. The third-order valence-electron chi connectivity index (χ3n) is 7.28. The Hall–Kier alpha value is -2.41. The molecule has 1 aromatic heterocycles. The van der Waals surface area contributed by atoms with Crippen LogP contribution < -0.4 is 9.64 Å². The number of carbonyl (C=O) groups is 1. The van der Waals surface area contributed by atoms with Gasteiger partial charge in [0.1, 0.15) is 5.75 Å². The van der Waals surface area contributed by atoms with Gasteiger partial charge in [-0.3, -0.25) is 4.79 Å². The number of anilines is 1. The third-order valence-corrected chi connectivity index (χ3v) is 7.28. The molecule has 0 bridgehead atoms. The number of ketones is 1. The Kier molecular flexibility index (Phi) is 6.95. The van der Waals surface area contributed by atoms with Crippen molar-refractivity contribution < 1.29 is 18.8 Å². The zero-order valence-corrected chi connectivity index (χ0v) is 19.6. The number of rotatable bonds is 10. The molecule has 0 radical (unpaired) electrons. The molecule has 2 saturated heterocycles. The lowest BCUT2D eigenvalue weighted by Crippen LogP contribution is -2.34. The van der Waals surface area contributed by atoms with Crippen molar-refractivity contribution in [3.8, 4) is 5.75 Å². The van der Waals surface area contributed by atoms with Crippen LogP contribution in [-0.4, -0.2) is 48.8 Å². The maximum atomic E-state index is 12.6. The van der Waals surface area contributed by atoms with Gasteiger partial charge in [0.15, 0.2) is 11.6 Å². The first kappa shape index (κ1) is 22.4. The highest BCUT2D eigenvalue weighted by Gasteiger charge is 2.30. The highest BCUT2D eigenvalue weighted by Crippen LogP contribution is 2.39. The molecule has 1 unspecified atom stereocenters. The molecule has 2 aromatic rings. The number of piperidine rings is 1. The summed E-state index contributed by atoms with van der Waals surface area (Å²) in [5.41, 5.74) is 1.81. The largest absolute Gasteiger partial charge is 0.494 e. The second-order valence-electron chi connectivity index (χ2n) is 9.96. The van der Waals surface area contributed by atoms with Crippen LogP contribution in [0.1, 0.15) is 79.0 Å². The molecule has 0 spiro atoms. The average molecular weight is 454 g/mol. The van der Waals surface area contributed by atoms with E-state index in [-0.39, 0.29) is 5.78 Å². The van der Waals surface area contributed by atoms with Crippen LogP contribution in [0.25, 0.3) is 0 Å². The van der Waals surface area contributed by atoms with Crippen LogP contribution in [0.5, 0.6) is 5.75 Å². The molecule has 0 N–H and O–H groups in total. The number of ether oxygens (including phenoxy) is 2. The second kappa shape index (κ2) is 10.2. The molecule has 0 amide bonds. The predicted molar refractivity (Wildman–Crippen MR) is 125 cm³/mol. The van der Waals surface area contributed by atoms with E-state index in [0.29, 0.717) is 37.5 Å².